The van der Waals surface area contributed by atoms with Gasteiger partial charge in [-0.1, -0.05) is 23.8 Å². The summed E-state index contributed by atoms with van der Waals surface area (Å²) in [6.07, 6.45) is 5.05. The van der Waals surface area contributed by atoms with Crippen LogP contribution in [0.15, 0.2) is 47.3 Å². The molecule has 2 aromatic carbocycles. The lowest BCUT2D eigenvalue weighted by Crippen LogP contribution is -2.15. The minimum Gasteiger partial charge on any atom is -0.309 e. The van der Waals surface area contributed by atoms with E-state index in [2.05, 4.69) is 36.6 Å². The van der Waals surface area contributed by atoms with E-state index >= 15 is 0 Å². The number of aryl methyl sites for hydroxylation is 3. The summed E-state index contributed by atoms with van der Waals surface area (Å²) in [4.78, 5) is 18.0. The average Bonchev–Trinajstić information content (AvgIpc) is 2.89. The van der Waals surface area contributed by atoms with Crippen LogP contribution >= 0.6 is 11.6 Å². The van der Waals surface area contributed by atoms with Crippen LogP contribution in [0.4, 0.5) is 0 Å². The molecule has 0 aliphatic carbocycles. The third kappa shape index (κ3) is 2.53. The highest BCUT2D eigenvalue weighted by molar-refractivity contribution is 6.31. The van der Waals surface area contributed by atoms with Crippen LogP contribution in [0.5, 0.6) is 0 Å². The van der Waals surface area contributed by atoms with Gasteiger partial charge < -0.3 is 4.57 Å². The third-order valence-electron chi connectivity index (χ3n) is 4.93. The first-order chi connectivity index (χ1) is 12.5. The second-order valence-electron chi connectivity index (χ2n) is 6.65. The maximum atomic E-state index is 13.2. The van der Waals surface area contributed by atoms with E-state index in [1.807, 2.05) is 13.0 Å². The number of rotatable bonds is 3. The molecule has 0 aliphatic rings. The van der Waals surface area contributed by atoms with Gasteiger partial charge in [0.2, 0.25) is 5.78 Å². The van der Waals surface area contributed by atoms with E-state index in [1.54, 1.807) is 22.6 Å². The van der Waals surface area contributed by atoms with Crippen LogP contribution in [0, 0.1) is 13.8 Å². The summed E-state index contributed by atoms with van der Waals surface area (Å²) < 4.78 is 3.86. The quantitative estimate of drug-likeness (QED) is 0.477. The van der Waals surface area contributed by atoms with Crippen LogP contribution in [-0.4, -0.2) is 14.0 Å². The van der Waals surface area contributed by atoms with E-state index in [-0.39, 0.29) is 5.56 Å². The van der Waals surface area contributed by atoms with Crippen molar-refractivity contribution in [1.29, 1.82) is 0 Å². The largest absolute Gasteiger partial charge is 0.309 e. The van der Waals surface area contributed by atoms with Crippen molar-refractivity contribution < 1.29 is 0 Å². The van der Waals surface area contributed by atoms with Gasteiger partial charge in [0.15, 0.2) is 0 Å². The third-order valence-corrected chi connectivity index (χ3v) is 5.17. The molecule has 132 valence electrons. The number of hydrogen-bond donors (Lipinski definition) is 0. The molecular weight excluding hydrogens is 346 g/mol. The van der Waals surface area contributed by atoms with Gasteiger partial charge >= 0.3 is 0 Å². The fourth-order valence-corrected chi connectivity index (χ4v) is 3.59. The Labute approximate surface area is 156 Å². The molecule has 2 aromatic heterocycles. The number of imidazole rings is 1. The maximum Gasteiger partial charge on any atom is 0.267 e. The molecule has 0 bridgehead atoms. The first-order valence-electron chi connectivity index (χ1n) is 8.74. The van der Waals surface area contributed by atoms with Gasteiger partial charge in [-0.05, 0) is 68.7 Å². The molecule has 0 N–H and O–H groups in total. The standard InChI is InChI=1S/C21H20ClN3O/c1-4-5-6-9-24-18-10-13(2)14(3)11-19(18)25-20(26)16-8-7-15(22)12-17(16)23-21(24)25/h4-5,7-8,10-12H,6,9H2,1-3H3. The molecule has 2 heterocycles. The monoisotopic (exact) mass is 365 g/mol. The van der Waals surface area contributed by atoms with Crippen molar-refractivity contribution in [2.45, 2.75) is 33.7 Å². The number of allylic oxidation sites excluding steroid dienone is 2. The number of hydrogen-bond acceptors (Lipinski definition) is 2. The molecule has 26 heavy (non-hydrogen) atoms. The van der Waals surface area contributed by atoms with Crippen LogP contribution in [0.3, 0.4) is 0 Å². The zero-order chi connectivity index (χ0) is 18.4. The summed E-state index contributed by atoms with van der Waals surface area (Å²) in [6.45, 7) is 6.93. The summed E-state index contributed by atoms with van der Waals surface area (Å²) in [6, 6.07) is 9.47. The summed E-state index contributed by atoms with van der Waals surface area (Å²) in [7, 11) is 0. The Hall–Kier alpha value is -2.59. The van der Waals surface area contributed by atoms with Crippen molar-refractivity contribution >= 4 is 39.3 Å². The van der Waals surface area contributed by atoms with Gasteiger partial charge in [0.1, 0.15) is 0 Å². The van der Waals surface area contributed by atoms with E-state index in [9.17, 15) is 4.79 Å². The van der Waals surface area contributed by atoms with E-state index in [1.165, 1.54) is 5.56 Å². The first-order valence-corrected chi connectivity index (χ1v) is 9.11. The normalized spacial score (nSPS) is 12.2. The maximum absolute atomic E-state index is 13.2. The van der Waals surface area contributed by atoms with Gasteiger partial charge in [-0.2, -0.15) is 0 Å². The van der Waals surface area contributed by atoms with Crippen molar-refractivity contribution in [3.05, 3.63) is 69.0 Å². The van der Waals surface area contributed by atoms with Crippen molar-refractivity contribution in [3.8, 4) is 0 Å². The lowest BCUT2D eigenvalue weighted by molar-refractivity contribution is 0.743. The number of fused-ring (bicyclic) bond motifs is 4. The fourth-order valence-electron chi connectivity index (χ4n) is 3.42. The minimum atomic E-state index is -0.0558. The Balaban J connectivity index is 2.18. The molecule has 4 nitrogen and oxygen atoms in total. The van der Waals surface area contributed by atoms with Gasteiger partial charge in [0.05, 0.1) is 21.9 Å². The second kappa shape index (κ2) is 6.29. The smallest absolute Gasteiger partial charge is 0.267 e. The lowest BCUT2D eigenvalue weighted by atomic mass is 10.1. The highest BCUT2D eigenvalue weighted by Crippen LogP contribution is 2.25. The van der Waals surface area contributed by atoms with Crippen LogP contribution in [0.2, 0.25) is 5.02 Å². The number of halogens is 1. The molecule has 0 radical (unpaired) electrons. The summed E-state index contributed by atoms with van der Waals surface area (Å²) in [5.74, 6) is 0.661. The van der Waals surface area contributed by atoms with E-state index in [4.69, 9.17) is 16.6 Å². The van der Waals surface area contributed by atoms with Gasteiger partial charge in [-0.25, -0.2) is 9.38 Å². The predicted octanol–water partition coefficient (Wildman–Crippen LogP) is 5.04. The Kier molecular flexibility index (Phi) is 4.08. The van der Waals surface area contributed by atoms with Crippen LogP contribution in [0.1, 0.15) is 24.5 Å². The molecule has 4 aromatic rings. The Morgan fingerprint density at radius 1 is 1.12 bits per heavy atom. The molecule has 0 saturated heterocycles. The first kappa shape index (κ1) is 16.9. The lowest BCUT2D eigenvalue weighted by Gasteiger charge is -2.05. The number of aromatic nitrogens is 3. The molecule has 5 heteroatoms. The zero-order valence-corrected chi connectivity index (χ0v) is 15.8. The highest BCUT2D eigenvalue weighted by atomic mass is 35.5. The molecule has 0 unspecified atom stereocenters. The van der Waals surface area contributed by atoms with E-state index < -0.39 is 0 Å². The van der Waals surface area contributed by atoms with E-state index in [0.29, 0.717) is 21.7 Å². The van der Waals surface area contributed by atoms with Crippen molar-refractivity contribution in [1.82, 2.24) is 14.0 Å². The Morgan fingerprint density at radius 3 is 2.58 bits per heavy atom. The second-order valence-corrected chi connectivity index (χ2v) is 7.08. The van der Waals surface area contributed by atoms with Crippen molar-refractivity contribution in [2.75, 3.05) is 0 Å². The van der Waals surface area contributed by atoms with Crippen LogP contribution in [-0.2, 0) is 6.54 Å². The van der Waals surface area contributed by atoms with Crippen LogP contribution in [0.25, 0.3) is 27.7 Å². The summed E-state index contributed by atoms with van der Waals surface area (Å²) in [5, 5.41) is 1.16. The van der Waals surface area contributed by atoms with Gasteiger partial charge in [0, 0.05) is 11.6 Å². The Bertz CT molecular complexity index is 1250. The van der Waals surface area contributed by atoms with E-state index in [0.717, 1.165) is 29.6 Å². The highest BCUT2D eigenvalue weighted by Gasteiger charge is 2.16. The predicted molar refractivity (Wildman–Crippen MR) is 108 cm³/mol. The molecular formula is C21H20ClN3O. The van der Waals surface area contributed by atoms with Gasteiger partial charge in [0.25, 0.3) is 5.56 Å². The fraction of sp³-hybridized carbons (Fsp3) is 0.238. The topological polar surface area (TPSA) is 39.3 Å². The van der Waals surface area contributed by atoms with Crippen molar-refractivity contribution in [2.24, 2.45) is 0 Å². The molecule has 0 spiro atoms. The molecule has 0 saturated carbocycles. The van der Waals surface area contributed by atoms with Crippen molar-refractivity contribution in [3.63, 3.8) is 0 Å². The number of benzene rings is 2. The van der Waals surface area contributed by atoms with Gasteiger partial charge in [-0.3, -0.25) is 4.79 Å². The summed E-state index contributed by atoms with van der Waals surface area (Å²) in [5.41, 5.74) is 4.87. The average molecular weight is 366 g/mol. The molecule has 0 atom stereocenters. The van der Waals surface area contributed by atoms with Gasteiger partial charge in [-0.15, -0.1) is 0 Å². The molecule has 4 rings (SSSR count). The molecule has 0 amide bonds. The molecule has 0 fully saturated rings. The van der Waals surface area contributed by atoms with Crippen LogP contribution < -0.4 is 5.56 Å². The minimum absolute atomic E-state index is 0.0558. The summed E-state index contributed by atoms with van der Waals surface area (Å²) >= 11 is 6.12. The SMILES string of the molecule is CC=CCCn1c2cc(C)c(C)cc2n2c(=O)c3ccc(Cl)cc3nc12. The Morgan fingerprint density at radius 2 is 1.85 bits per heavy atom. The number of nitrogens with zero attached hydrogens (tertiary/aromatic N) is 3. The molecule has 0 aliphatic heterocycles. The zero-order valence-electron chi connectivity index (χ0n) is 15.1.